The van der Waals surface area contributed by atoms with Crippen LogP contribution in [0, 0.1) is 0 Å². The fourth-order valence-corrected chi connectivity index (χ4v) is 3.47. The van der Waals surface area contributed by atoms with Gasteiger partial charge in [0.05, 0.1) is 13.4 Å². The minimum absolute atomic E-state index is 0.281. The Labute approximate surface area is 115 Å². The van der Waals surface area contributed by atoms with E-state index in [2.05, 4.69) is 0 Å². The van der Waals surface area contributed by atoms with Crippen molar-refractivity contribution in [2.45, 2.75) is 25.2 Å². The molecular weight excluding hydrogens is 262 g/mol. The van der Waals surface area contributed by atoms with Gasteiger partial charge in [-0.15, -0.1) is 0 Å². The van der Waals surface area contributed by atoms with Crippen molar-refractivity contribution in [3.63, 3.8) is 0 Å². The first kappa shape index (κ1) is 14.3. The summed E-state index contributed by atoms with van der Waals surface area (Å²) in [5.41, 5.74) is 1.19. The van der Waals surface area contributed by atoms with Crippen molar-refractivity contribution in [2.75, 3.05) is 26.5 Å². The molecule has 1 aromatic rings. The van der Waals surface area contributed by atoms with E-state index >= 15 is 0 Å². The number of sulfonamides is 1. The van der Waals surface area contributed by atoms with Crippen LogP contribution in [0.5, 0.6) is 5.75 Å². The molecule has 0 aromatic heterocycles. The van der Waals surface area contributed by atoms with Crippen molar-refractivity contribution in [1.29, 1.82) is 0 Å². The topological polar surface area (TPSA) is 46.6 Å². The lowest BCUT2D eigenvalue weighted by Crippen LogP contribution is -2.33. The van der Waals surface area contributed by atoms with Gasteiger partial charge < -0.3 is 4.74 Å². The molecular formula is C14H21NO3S. The number of methoxy groups -OCH3 is 1. The highest BCUT2D eigenvalue weighted by Gasteiger charge is 2.25. The smallest absolute Gasteiger partial charge is 0.211 e. The maximum Gasteiger partial charge on any atom is 0.211 e. The first-order chi connectivity index (χ1) is 9.00. The fourth-order valence-electron chi connectivity index (χ4n) is 2.56. The summed E-state index contributed by atoms with van der Waals surface area (Å²) in [6.07, 6.45) is 4.35. The molecule has 0 aliphatic carbocycles. The third kappa shape index (κ3) is 3.70. The van der Waals surface area contributed by atoms with Crippen LogP contribution >= 0.6 is 0 Å². The lowest BCUT2D eigenvalue weighted by atomic mass is 9.94. The SMILES string of the molecule is COc1ccc([C@@H]2CCCCN(S(C)(=O)=O)C2)cc1. The van der Waals surface area contributed by atoms with Gasteiger partial charge in [0.15, 0.2) is 0 Å². The highest BCUT2D eigenvalue weighted by molar-refractivity contribution is 7.88. The molecule has 4 nitrogen and oxygen atoms in total. The van der Waals surface area contributed by atoms with Crippen LogP contribution in [0.15, 0.2) is 24.3 Å². The zero-order chi connectivity index (χ0) is 13.9. The van der Waals surface area contributed by atoms with E-state index in [4.69, 9.17) is 4.74 Å². The molecule has 1 atom stereocenters. The van der Waals surface area contributed by atoms with Gasteiger partial charge in [-0.1, -0.05) is 18.6 Å². The Kier molecular flexibility index (Phi) is 4.47. The lowest BCUT2D eigenvalue weighted by molar-refractivity contribution is 0.407. The third-order valence-corrected chi connectivity index (χ3v) is 4.96. The van der Waals surface area contributed by atoms with Crippen LogP contribution in [0.2, 0.25) is 0 Å². The summed E-state index contributed by atoms with van der Waals surface area (Å²) in [5, 5.41) is 0. The number of benzene rings is 1. The number of nitrogens with zero attached hydrogens (tertiary/aromatic N) is 1. The molecule has 0 N–H and O–H groups in total. The Bertz CT molecular complexity index is 510. The molecule has 0 unspecified atom stereocenters. The minimum Gasteiger partial charge on any atom is -0.497 e. The van der Waals surface area contributed by atoms with E-state index in [9.17, 15) is 8.42 Å². The lowest BCUT2D eigenvalue weighted by Gasteiger charge is -2.22. The molecule has 0 spiro atoms. The number of hydrogen-bond acceptors (Lipinski definition) is 3. The highest BCUT2D eigenvalue weighted by Crippen LogP contribution is 2.28. The average Bonchev–Trinajstić information content (AvgIpc) is 2.64. The normalized spacial score (nSPS) is 21.9. The molecule has 0 amide bonds. The van der Waals surface area contributed by atoms with Gasteiger partial charge in [0.2, 0.25) is 10.0 Å². The van der Waals surface area contributed by atoms with E-state index < -0.39 is 10.0 Å². The first-order valence-electron chi connectivity index (χ1n) is 6.60. The van der Waals surface area contributed by atoms with Crippen molar-refractivity contribution in [1.82, 2.24) is 4.31 Å². The second kappa shape index (κ2) is 5.92. The zero-order valence-corrected chi connectivity index (χ0v) is 12.3. The largest absolute Gasteiger partial charge is 0.497 e. The molecule has 0 bridgehead atoms. The van der Waals surface area contributed by atoms with Gasteiger partial charge in [0, 0.05) is 13.1 Å². The quantitative estimate of drug-likeness (QED) is 0.854. The first-order valence-corrected chi connectivity index (χ1v) is 8.44. The van der Waals surface area contributed by atoms with Crippen LogP contribution in [0.3, 0.4) is 0 Å². The van der Waals surface area contributed by atoms with Crippen LogP contribution in [-0.2, 0) is 10.0 Å². The van der Waals surface area contributed by atoms with E-state index in [-0.39, 0.29) is 5.92 Å². The van der Waals surface area contributed by atoms with Gasteiger partial charge in [0.1, 0.15) is 5.75 Å². The fraction of sp³-hybridized carbons (Fsp3) is 0.571. The van der Waals surface area contributed by atoms with Gasteiger partial charge in [-0.05, 0) is 36.5 Å². The van der Waals surface area contributed by atoms with Crippen molar-refractivity contribution in [2.24, 2.45) is 0 Å². The third-order valence-electron chi connectivity index (χ3n) is 3.69. The molecule has 1 fully saturated rings. The van der Waals surface area contributed by atoms with Crippen LogP contribution < -0.4 is 4.74 Å². The number of hydrogen-bond donors (Lipinski definition) is 0. The maximum atomic E-state index is 11.7. The Morgan fingerprint density at radius 2 is 1.89 bits per heavy atom. The Hall–Kier alpha value is -1.07. The molecule has 19 heavy (non-hydrogen) atoms. The predicted molar refractivity (Wildman–Crippen MR) is 76.0 cm³/mol. The molecule has 1 aromatic carbocycles. The second-order valence-corrected chi connectivity index (χ2v) is 7.07. The van der Waals surface area contributed by atoms with E-state index in [1.165, 1.54) is 11.8 Å². The van der Waals surface area contributed by atoms with Crippen LogP contribution in [0.25, 0.3) is 0 Å². The highest BCUT2D eigenvalue weighted by atomic mass is 32.2. The van der Waals surface area contributed by atoms with Crippen LogP contribution in [-0.4, -0.2) is 39.2 Å². The average molecular weight is 283 g/mol. The number of rotatable bonds is 3. The maximum absolute atomic E-state index is 11.7. The van der Waals surface area contributed by atoms with Crippen LogP contribution in [0.1, 0.15) is 30.7 Å². The van der Waals surface area contributed by atoms with Crippen molar-refractivity contribution >= 4 is 10.0 Å². The van der Waals surface area contributed by atoms with Crippen molar-refractivity contribution in [3.05, 3.63) is 29.8 Å². The van der Waals surface area contributed by atoms with Gasteiger partial charge in [-0.2, -0.15) is 0 Å². The molecule has 1 saturated heterocycles. The molecule has 1 heterocycles. The molecule has 5 heteroatoms. The zero-order valence-electron chi connectivity index (χ0n) is 11.5. The minimum atomic E-state index is -3.09. The van der Waals surface area contributed by atoms with Gasteiger partial charge in [0.25, 0.3) is 0 Å². The summed E-state index contributed by atoms with van der Waals surface area (Å²) < 4.78 is 30.2. The predicted octanol–water partition coefficient (Wildman–Crippen LogP) is 2.22. The van der Waals surface area contributed by atoms with Crippen molar-refractivity contribution in [3.8, 4) is 5.75 Å². The Balaban J connectivity index is 2.17. The van der Waals surface area contributed by atoms with Gasteiger partial charge >= 0.3 is 0 Å². The van der Waals surface area contributed by atoms with Gasteiger partial charge in [-0.3, -0.25) is 0 Å². The Morgan fingerprint density at radius 3 is 2.47 bits per heavy atom. The van der Waals surface area contributed by atoms with E-state index in [0.29, 0.717) is 13.1 Å². The standard InChI is InChI=1S/C14H21NO3S/c1-18-14-8-6-12(7-9-14)13-5-3-4-10-15(11-13)19(2,16)17/h6-9,13H,3-5,10-11H2,1-2H3/t13-/m1/s1. The molecule has 1 aliphatic heterocycles. The molecule has 2 rings (SSSR count). The molecule has 0 radical (unpaired) electrons. The second-order valence-electron chi connectivity index (χ2n) is 5.09. The summed E-state index contributed by atoms with van der Waals surface area (Å²) in [6, 6.07) is 7.95. The summed E-state index contributed by atoms with van der Waals surface area (Å²) in [5.74, 6) is 1.11. The molecule has 1 aliphatic rings. The van der Waals surface area contributed by atoms with Crippen LogP contribution in [0.4, 0.5) is 0 Å². The number of ether oxygens (including phenoxy) is 1. The summed E-state index contributed by atoms with van der Waals surface area (Å²) in [4.78, 5) is 0. The van der Waals surface area contributed by atoms with E-state index in [0.717, 1.165) is 25.0 Å². The summed E-state index contributed by atoms with van der Waals surface area (Å²) >= 11 is 0. The summed E-state index contributed by atoms with van der Waals surface area (Å²) in [6.45, 7) is 1.23. The van der Waals surface area contributed by atoms with E-state index in [1.54, 1.807) is 11.4 Å². The summed E-state index contributed by atoms with van der Waals surface area (Å²) in [7, 11) is -1.45. The van der Waals surface area contributed by atoms with Gasteiger partial charge in [-0.25, -0.2) is 12.7 Å². The van der Waals surface area contributed by atoms with Crippen molar-refractivity contribution < 1.29 is 13.2 Å². The molecule has 106 valence electrons. The van der Waals surface area contributed by atoms with E-state index in [1.807, 2.05) is 24.3 Å². The Morgan fingerprint density at radius 1 is 1.21 bits per heavy atom. The molecule has 0 saturated carbocycles. The monoisotopic (exact) mass is 283 g/mol.